The first-order chi connectivity index (χ1) is 9.09. The summed E-state index contributed by atoms with van der Waals surface area (Å²) in [4.78, 5) is 12.0. The van der Waals surface area contributed by atoms with Crippen molar-refractivity contribution in [3.8, 4) is 0 Å². The number of hydrogen-bond acceptors (Lipinski definition) is 3. The molecule has 3 nitrogen and oxygen atoms in total. The summed E-state index contributed by atoms with van der Waals surface area (Å²) in [6, 6.07) is 0. The molecule has 1 saturated heterocycles. The standard InChI is InChI=1S/C16H28O3Si/c1-12-13(19-20(5,6)15(2,3)4)16(18-14(12)17)10-8-7-9-11-16/h13H,1,7-11H2,2-6H3. The summed E-state index contributed by atoms with van der Waals surface area (Å²) in [6.45, 7) is 15.0. The van der Waals surface area contributed by atoms with Gasteiger partial charge < -0.3 is 9.16 Å². The summed E-state index contributed by atoms with van der Waals surface area (Å²) < 4.78 is 12.3. The summed E-state index contributed by atoms with van der Waals surface area (Å²) in [5, 5.41) is 0.120. The van der Waals surface area contributed by atoms with E-state index in [1.165, 1.54) is 6.42 Å². The highest BCUT2D eigenvalue weighted by molar-refractivity contribution is 6.74. The molecule has 1 unspecified atom stereocenters. The molecule has 2 rings (SSSR count). The first-order valence-electron chi connectivity index (χ1n) is 7.69. The number of rotatable bonds is 2. The van der Waals surface area contributed by atoms with Crippen LogP contribution in [0.3, 0.4) is 0 Å². The number of hydrogen-bond donors (Lipinski definition) is 0. The first kappa shape index (κ1) is 15.8. The van der Waals surface area contributed by atoms with Crippen LogP contribution in [0.1, 0.15) is 52.9 Å². The molecule has 1 heterocycles. The van der Waals surface area contributed by atoms with Gasteiger partial charge in [-0.2, -0.15) is 0 Å². The summed E-state index contributed by atoms with van der Waals surface area (Å²) in [5.41, 5.74) is 0.0961. The molecule has 0 aromatic rings. The minimum Gasteiger partial charge on any atom is -0.453 e. The van der Waals surface area contributed by atoms with Gasteiger partial charge >= 0.3 is 5.97 Å². The Bertz CT molecular complexity index is 414. The Hall–Kier alpha value is -0.613. The molecule has 114 valence electrons. The van der Waals surface area contributed by atoms with E-state index in [1.54, 1.807) is 0 Å². The van der Waals surface area contributed by atoms with Gasteiger partial charge in [-0.1, -0.05) is 33.8 Å². The summed E-state index contributed by atoms with van der Waals surface area (Å²) in [7, 11) is -1.94. The van der Waals surface area contributed by atoms with Crippen molar-refractivity contribution in [2.75, 3.05) is 0 Å². The van der Waals surface area contributed by atoms with Gasteiger partial charge in [0.25, 0.3) is 0 Å². The van der Waals surface area contributed by atoms with Gasteiger partial charge in [0.2, 0.25) is 0 Å². The van der Waals surface area contributed by atoms with Crippen LogP contribution < -0.4 is 0 Å². The van der Waals surface area contributed by atoms with E-state index in [9.17, 15) is 4.79 Å². The molecule has 1 spiro atoms. The van der Waals surface area contributed by atoms with Crippen LogP contribution in [0, 0.1) is 0 Å². The normalized spacial score (nSPS) is 26.9. The van der Waals surface area contributed by atoms with Crippen LogP contribution in [0.5, 0.6) is 0 Å². The minimum absolute atomic E-state index is 0.120. The maximum Gasteiger partial charge on any atom is 0.336 e. The second-order valence-electron chi connectivity index (χ2n) is 7.80. The van der Waals surface area contributed by atoms with E-state index < -0.39 is 13.9 Å². The zero-order chi connectivity index (χ0) is 15.2. The second kappa shape index (κ2) is 4.99. The molecule has 1 saturated carbocycles. The Morgan fingerprint density at radius 2 is 1.80 bits per heavy atom. The van der Waals surface area contributed by atoms with Crippen LogP contribution >= 0.6 is 0 Å². The van der Waals surface area contributed by atoms with Gasteiger partial charge in [0.05, 0.1) is 5.57 Å². The van der Waals surface area contributed by atoms with Crippen molar-refractivity contribution in [3.63, 3.8) is 0 Å². The van der Waals surface area contributed by atoms with E-state index in [2.05, 4.69) is 40.4 Å². The van der Waals surface area contributed by atoms with E-state index >= 15 is 0 Å². The fourth-order valence-corrected chi connectivity index (χ4v) is 4.19. The fraction of sp³-hybridized carbons (Fsp3) is 0.812. The molecule has 0 amide bonds. The van der Waals surface area contributed by atoms with Gasteiger partial charge in [0, 0.05) is 0 Å². The second-order valence-corrected chi connectivity index (χ2v) is 12.6. The Kier molecular flexibility index (Phi) is 3.93. The van der Waals surface area contributed by atoms with Crippen LogP contribution in [0.15, 0.2) is 12.2 Å². The van der Waals surface area contributed by atoms with Crippen molar-refractivity contribution in [1.29, 1.82) is 0 Å². The first-order valence-corrected chi connectivity index (χ1v) is 10.6. The van der Waals surface area contributed by atoms with Crippen LogP contribution in [0.25, 0.3) is 0 Å². The number of carbonyl (C=O) groups excluding carboxylic acids is 1. The van der Waals surface area contributed by atoms with Gasteiger partial charge in [0.15, 0.2) is 8.32 Å². The zero-order valence-electron chi connectivity index (χ0n) is 13.5. The topological polar surface area (TPSA) is 35.5 Å². The van der Waals surface area contributed by atoms with Crippen molar-refractivity contribution in [2.45, 2.75) is 82.7 Å². The van der Waals surface area contributed by atoms with Crippen LogP contribution in [0.4, 0.5) is 0 Å². The molecular weight excluding hydrogens is 268 g/mol. The predicted molar refractivity (Wildman–Crippen MR) is 83.1 cm³/mol. The van der Waals surface area contributed by atoms with Gasteiger partial charge in [-0.15, -0.1) is 0 Å². The number of esters is 1. The molecular formula is C16H28O3Si. The average molecular weight is 296 g/mol. The van der Waals surface area contributed by atoms with E-state index in [4.69, 9.17) is 9.16 Å². The quantitative estimate of drug-likeness (QED) is 0.435. The lowest BCUT2D eigenvalue weighted by Gasteiger charge is -2.43. The fourth-order valence-electron chi connectivity index (χ4n) is 2.89. The van der Waals surface area contributed by atoms with Gasteiger partial charge in [0.1, 0.15) is 11.7 Å². The van der Waals surface area contributed by atoms with Crippen LogP contribution in [-0.4, -0.2) is 26.0 Å². The van der Waals surface area contributed by atoms with Crippen molar-refractivity contribution < 1.29 is 14.0 Å². The van der Waals surface area contributed by atoms with E-state index in [-0.39, 0.29) is 17.1 Å². The molecule has 1 aliphatic heterocycles. The molecule has 0 aromatic heterocycles. The summed E-state index contributed by atoms with van der Waals surface area (Å²) in [5.74, 6) is -0.254. The Morgan fingerprint density at radius 3 is 2.30 bits per heavy atom. The number of carbonyl (C=O) groups is 1. The molecule has 1 atom stereocenters. The monoisotopic (exact) mass is 296 g/mol. The molecule has 0 radical (unpaired) electrons. The SMILES string of the molecule is C=C1C(=O)OC2(CCCCC2)C1O[Si](C)(C)C(C)(C)C. The molecule has 0 N–H and O–H groups in total. The maximum atomic E-state index is 12.0. The Balaban J connectivity index is 2.27. The van der Waals surface area contributed by atoms with Crippen molar-refractivity contribution in [2.24, 2.45) is 0 Å². The van der Waals surface area contributed by atoms with Gasteiger partial charge in [-0.3, -0.25) is 0 Å². The van der Waals surface area contributed by atoms with E-state index in [0.717, 1.165) is 25.7 Å². The van der Waals surface area contributed by atoms with E-state index in [1.807, 2.05) is 0 Å². The largest absolute Gasteiger partial charge is 0.453 e. The van der Waals surface area contributed by atoms with Crippen molar-refractivity contribution in [1.82, 2.24) is 0 Å². The molecule has 2 aliphatic rings. The summed E-state index contributed by atoms with van der Waals surface area (Å²) >= 11 is 0. The number of ether oxygens (including phenoxy) is 1. The third-order valence-electron chi connectivity index (χ3n) is 5.27. The molecule has 0 aromatic carbocycles. The molecule has 1 aliphatic carbocycles. The third kappa shape index (κ3) is 2.60. The van der Waals surface area contributed by atoms with Gasteiger partial charge in [-0.05, 0) is 43.8 Å². The average Bonchev–Trinajstić information content (AvgIpc) is 2.53. The smallest absolute Gasteiger partial charge is 0.336 e. The summed E-state index contributed by atoms with van der Waals surface area (Å²) in [6.07, 6.45) is 5.03. The predicted octanol–water partition coefficient (Wildman–Crippen LogP) is 4.19. The molecule has 20 heavy (non-hydrogen) atoms. The van der Waals surface area contributed by atoms with Gasteiger partial charge in [-0.25, -0.2) is 4.79 Å². The van der Waals surface area contributed by atoms with Crippen LogP contribution in [-0.2, 0) is 14.0 Å². The lowest BCUT2D eigenvalue weighted by Crippen LogP contribution is -2.51. The van der Waals surface area contributed by atoms with Crippen molar-refractivity contribution in [3.05, 3.63) is 12.2 Å². The molecule has 0 bridgehead atoms. The van der Waals surface area contributed by atoms with E-state index in [0.29, 0.717) is 5.57 Å². The van der Waals surface area contributed by atoms with Crippen molar-refractivity contribution >= 4 is 14.3 Å². The van der Waals surface area contributed by atoms with Crippen LogP contribution in [0.2, 0.25) is 18.1 Å². The third-order valence-corrected chi connectivity index (χ3v) is 9.71. The minimum atomic E-state index is -1.94. The Morgan fingerprint density at radius 1 is 1.25 bits per heavy atom. The molecule has 4 heteroatoms. The highest BCUT2D eigenvalue weighted by Gasteiger charge is 2.55. The maximum absolute atomic E-state index is 12.0. The highest BCUT2D eigenvalue weighted by atomic mass is 28.4. The Labute approximate surface area is 123 Å². The lowest BCUT2D eigenvalue weighted by atomic mass is 9.80. The molecule has 2 fully saturated rings. The zero-order valence-corrected chi connectivity index (χ0v) is 14.5. The highest BCUT2D eigenvalue weighted by Crippen LogP contribution is 2.47. The lowest BCUT2D eigenvalue weighted by molar-refractivity contribution is -0.153.